The van der Waals surface area contributed by atoms with Crippen LogP contribution in [0.5, 0.6) is 5.88 Å². The Kier molecular flexibility index (Phi) is 4.39. The molecule has 21 heavy (non-hydrogen) atoms. The fraction of sp³-hybridized carbons (Fsp3) is 0.375. The van der Waals surface area contributed by atoms with Gasteiger partial charge in [0.05, 0.1) is 10.7 Å². The van der Waals surface area contributed by atoms with Gasteiger partial charge in [-0.05, 0) is 53.2 Å². The summed E-state index contributed by atoms with van der Waals surface area (Å²) in [6.07, 6.45) is 5.09. The molecule has 5 heteroatoms. The van der Waals surface area contributed by atoms with Crippen LogP contribution in [0.15, 0.2) is 34.9 Å². The van der Waals surface area contributed by atoms with Crippen LogP contribution in [-0.4, -0.2) is 16.5 Å². The van der Waals surface area contributed by atoms with Crippen LogP contribution in [0.2, 0.25) is 0 Å². The van der Waals surface area contributed by atoms with Gasteiger partial charge in [0.2, 0.25) is 11.8 Å². The minimum absolute atomic E-state index is 0.0654. The minimum Gasteiger partial charge on any atom is -0.469 e. The van der Waals surface area contributed by atoms with Crippen molar-refractivity contribution in [3.8, 4) is 5.88 Å². The molecule has 1 unspecified atom stereocenters. The second-order valence-corrected chi connectivity index (χ2v) is 5.93. The van der Waals surface area contributed by atoms with Gasteiger partial charge in [-0.2, -0.15) is 4.98 Å². The van der Waals surface area contributed by atoms with Crippen LogP contribution in [0, 0.1) is 0 Å². The summed E-state index contributed by atoms with van der Waals surface area (Å²) in [6.45, 7) is 2.80. The number of anilines is 1. The van der Waals surface area contributed by atoms with Crippen molar-refractivity contribution in [3.63, 3.8) is 0 Å². The molecule has 110 valence electrons. The van der Waals surface area contributed by atoms with E-state index in [0.29, 0.717) is 11.8 Å². The molecule has 4 nitrogen and oxygen atoms in total. The molecule has 0 aliphatic heterocycles. The number of aromatic nitrogens is 2. The molecule has 1 atom stereocenters. The van der Waals surface area contributed by atoms with E-state index in [2.05, 4.69) is 55.5 Å². The van der Waals surface area contributed by atoms with Gasteiger partial charge in [-0.1, -0.05) is 24.3 Å². The Bertz CT molecular complexity index is 633. The predicted octanol–water partition coefficient (Wildman–Crippen LogP) is 4.13. The molecule has 0 fully saturated rings. The van der Waals surface area contributed by atoms with Gasteiger partial charge in [-0.25, -0.2) is 4.98 Å². The van der Waals surface area contributed by atoms with Crippen LogP contribution < -0.4 is 10.1 Å². The lowest BCUT2D eigenvalue weighted by atomic mass is 9.89. The second-order valence-electron chi connectivity index (χ2n) is 5.07. The number of aryl methyl sites for hydroxylation is 1. The maximum atomic E-state index is 6.16. The summed E-state index contributed by atoms with van der Waals surface area (Å²) in [5, 5.41) is 3.11. The minimum atomic E-state index is 0.0654. The highest BCUT2D eigenvalue weighted by atomic mass is 79.9. The smallest absolute Gasteiger partial charge is 0.233 e. The second kappa shape index (κ2) is 6.43. The summed E-state index contributed by atoms with van der Waals surface area (Å²) in [5.74, 6) is 1.20. The van der Waals surface area contributed by atoms with Gasteiger partial charge in [0.1, 0.15) is 6.10 Å². The number of fused-ring (bicyclic) bond motifs is 1. The number of ether oxygens (including phenoxy) is 1. The zero-order valence-corrected chi connectivity index (χ0v) is 13.6. The van der Waals surface area contributed by atoms with Crippen molar-refractivity contribution < 1.29 is 4.74 Å². The monoisotopic (exact) mass is 347 g/mol. The molecular formula is C16H18BrN3O. The van der Waals surface area contributed by atoms with Crippen LogP contribution in [0.3, 0.4) is 0 Å². The van der Waals surface area contributed by atoms with Crippen LogP contribution in [0.4, 0.5) is 5.95 Å². The van der Waals surface area contributed by atoms with Crippen LogP contribution >= 0.6 is 15.9 Å². The Balaban J connectivity index is 1.86. The van der Waals surface area contributed by atoms with Gasteiger partial charge in [-0.3, -0.25) is 0 Å². The van der Waals surface area contributed by atoms with E-state index >= 15 is 0 Å². The quantitative estimate of drug-likeness (QED) is 0.903. The largest absolute Gasteiger partial charge is 0.469 e. The van der Waals surface area contributed by atoms with Crippen LogP contribution in [-0.2, 0) is 6.42 Å². The van der Waals surface area contributed by atoms with E-state index in [9.17, 15) is 0 Å². The fourth-order valence-corrected chi connectivity index (χ4v) is 2.93. The lowest BCUT2D eigenvalue weighted by molar-refractivity contribution is 0.174. The Hall–Kier alpha value is -1.62. The first kappa shape index (κ1) is 14.3. The number of benzene rings is 1. The average Bonchev–Trinajstić information content (AvgIpc) is 2.51. The highest BCUT2D eigenvalue weighted by Gasteiger charge is 2.22. The Labute approximate surface area is 133 Å². The van der Waals surface area contributed by atoms with Crippen molar-refractivity contribution in [3.05, 3.63) is 46.1 Å². The van der Waals surface area contributed by atoms with E-state index < -0.39 is 0 Å². The summed E-state index contributed by atoms with van der Waals surface area (Å²) in [5.41, 5.74) is 2.66. The molecule has 0 spiro atoms. The summed E-state index contributed by atoms with van der Waals surface area (Å²) in [6, 6.07) is 8.49. The third kappa shape index (κ3) is 3.18. The standard InChI is InChI=1S/C16H18BrN3O/c1-2-18-16-19-10-13(17)15(20-16)21-14-9-5-7-11-6-3-4-8-12(11)14/h3-4,6,8,10,14H,2,5,7,9H2,1H3,(H,18,19,20). The molecule has 3 rings (SSSR count). The zero-order valence-electron chi connectivity index (χ0n) is 12.0. The van der Waals surface area contributed by atoms with Gasteiger partial charge in [0, 0.05) is 6.54 Å². The molecule has 0 saturated heterocycles. The fourth-order valence-electron chi connectivity index (χ4n) is 2.64. The number of halogens is 1. The summed E-state index contributed by atoms with van der Waals surface area (Å²) >= 11 is 3.47. The van der Waals surface area contributed by atoms with E-state index in [1.807, 2.05) is 6.92 Å². The topological polar surface area (TPSA) is 47.0 Å². The Morgan fingerprint density at radius 2 is 2.24 bits per heavy atom. The lowest BCUT2D eigenvalue weighted by Gasteiger charge is -2.26. The Morgan fingerprint density at radius 3 is 3.10 bits per heavy atom. The maximum absolute atomic E-state index is 6.16. The van der Waals surface area contributed by atoms with Crippen LogP contribution in [0.1, 0.15) is 37.0 Å². The number of hydrogen-bond acceptors (Lipinski definition) is 4. The lowest BCUT2D eigenvalue weighted by Crippen LogP contribution is -2.16. The van der Waals surface area contributed by atoms with Crippen molar-refractivity contribution in [1.29, 1.82) is 0 Å². The molecule has 1 aromatic heterocycles. The first-order valence-electron chi connectivity index (χ1n) is 7.28. The molecule has 0 radical (unpaired) electrons. The molecule has 1 heterocycles. The van der Waals surface area contributed by atoms with Gasteiger partial charge < -0.3 is 10.1 Å². The molecule has 1 N–H and O–H groups in total. The van der Waals surface area contributed by atoms with E-state index in [1.54, 1.807) is 6.20 Å². The predicted molar refractivity (Wildman–Crippen MR) is 86.6 cm³/mol. The number of nitrogens with one attached hydrogen (secondary N) is 1. The van der Waals surface area contributed by atoms with E-state index in [0.717, 1.165) is 30.3 Å². The molecule has 0 bridgehead atoms. The molecule has 0 amide bonds. The average molecular weight is 348 g/mol. The molecular weight excluding hydrogens is 330 g/mol. The third-order valence-electron chi connectivity index (χ3n) is 3.62. The van der Waals surface area contributed by atoms with E-state index in [1.165, 1.54) is 11.1 Å². The number of rotatable bonds is 4. The van der Waals surface area contributed by atoms with Crippen LogP contribution in [0.25, 0.3) is 0 Å². The molecule has 1 aliphatic rings. The van der Waals surface area contributed by atoms with E-state index in [-0.39, 0.29) is 6.10 Å². The SMILES string of the molecule is CCNc1ncc(Br)c(OC2CCCc3ccccc32)n1. The van der Waals surface area contributed by atoms with Gasteiger partial charge in [0.15, 0.2) is 0 Å². The molecule has 0 saturated carbocycles. The number of nitrogens with zero attached hydrogens (tertiary/aromatic N) is 2. The molecule has 1 aromatic carbocycles. The number of hydrogen-bond donors (Lipinski definition) is 1. The highest BCUT2D eigenvalue weighted by Crippen LogP contribution is 2.35. The maximum Gasteiger partial charge on any atom is 0.233 e. The van der Waals surface area contributed by atoms with Gasteiger partial charge in [0.25, 0.3) is 0 Å². The Morgan fingerprint density at radius 1 is 1.38 bits per heavy atom. The highest BCUT2D eigenvalue weighted by molar-refractivity contribution is 9.10. The zero-order chi connectivity index (χ0) is 14.7. The first-order valence-corrected chi connectivity index (χ1v) is 8.08. The molecule has 2 aromatic rings. The molecule has 1 aliphatic carbocycles. The van der Waals surface area contributed by atoms with Crippen molar-refractivity contribution in [1.82, 2.24) is 9.97 Å². The normalized spacial score (nSPS) is 17.1. The summed E-state index contributed by atoms with van der Waals surface area (Å²) < 4.78 is 6.95. The summed E-state index contributed by atoms with van der Waals surface area (Å²) in [7, 11) is 0. The first-order chi connectivity index (χ1) is 10.3. The van der Waals surface area contributed by atoms with Crippen molar-refractivity contribution in [2.75, 3.05) is 11.9 Å². The summed E-state index contributed by atoms with van der Waals surface area (Å²) in [4.78, 5) is 8.65. The van der Waals surface area contributed by atoms with Crippen molar-refractivity contribution in [2.45, 2.75) is 32.3 Å². The van der Waals surface area contributed by atoms with Crippen molar-refractivity contribution >= 4 is 21.9 Å². The third-order valence-corrected chi connectivity index (χ3v) is 4.16. The van der Waals surface area contributed by atoms with Crippen molar-refractivity contribution in [2.24, 2.45) is 0 Å². The van der Waals surface area contributed by atoms with Gasteiger partial charge in [-0.15, -0.1) is 0 Å². The van der Waals surface area contributed by atoms with E-state index in [4.69, 9.17) is 4.74 Å². The van der Waals surface area contributed by atoms with Gasteiger partial charge >= 0.3 is 0 Å².